The highest BCUT2D eigenvalue weighted by Gasteiger charge is 2.31. The molecule has 1 aliphatic rings. The Kier molecular flexibility index (Phi) is 6.93. The third-order valence-electron chi connectivity index (χ3n) is 5.49. The molecule has 0 aromatic heterocycles. The zero-order chi connectivity index (χ0) is 24.1. The van der Waals surface area contributed by atoms with Crippen molar-refractivity contribution < 1.29 is 27.1 Å². The van der Waals surface area contributed by atoms with E-state index in [0.717, 1.165) is 11.1 Å². The summed E-state index contributed by atoms with van der Waals surface area (Å²) in [4.78, 5) is 24.4. The Labute approximate surface area is 197 Å². The zero-order valence-electron chi connectivity index (χ0n) is 18.2. The van der Waals surface area contributed by atoms with Crippen LogP contribution in [0.5, 0.6) is 0 Å². The lowest BCUT2D eigenvalue weighted by Crippen LogP contribution is -2.30. The number of carbonyl (C=O) groups is 2. The number of ether oxygens (including phenoxy) is 1. The lowest BCUT2D eigenvalue weighted by atomic mass is 10.1. The minimum Gasteiger partial charge on any atom is -0.452 e. The molecule has 1 amide bonds. The lowest BCUT2D eigenvalue weighted by molar-refractivity contribution is -0.124. The Hall–Kier alpha value is -3.72. The molecule has 0 saturated heterocycles. The van der Waals surface area contributed by atoms with Crippen LogP contribution in [0.4, 0.5) is 10.1 Å². The van der Waals surface area contributed by atoms with Crippen LogP contribution in [0.3, 0.4) is 0 Å². The van der Waals surface area contributed by atoms with Crippen LogP contribution in [0.25, 0.3) is 0 Å². The number of sulfonamides is 1. The summed E-state index contributed by atoms with van der Waals surface area (Å²) in [5.74, 6) is -1.62. The van der Waals surface area contributed by atoms with Crippen molar-refractivity contribution in [2.24, 2.45) is 0 Å². The van der Waals surface area contributed by atoms with E-state index in [2.05, 4.69) is 5.32 Å². The second-order valence-corrected chi connectivity index (χ2v) is 9.65. The van der Waals surface area contributed by atoms with Gasteiger partial charge in [-0.3, -0.25) is 9.10 Å². The molecular formula is C25H23FN2O5S. The highest BCUT2D eigenvalue weighted by molar-refractivity contribution is 7.92. The predicted octanol–water partition coefficient (Wildman–Crippen LogP) is 3.09. The number of nitrogens with one attached hydrogen (secondary N) is 1. The van der Waals surface area contributed by atoms with Gasteiger partial charge in [-0.05, 0) is 60.4 Å². The molecule has 1 N–H and O–H groups in total. The van der Waals surface area contributed by atoms with E-state index in [1.807, 2.05) is 12.1 Å². The molecule has 0 unspecified atom stereocenters. The fraction of sp³-hybridized carbons (Fsp3) is 0.200. The maximum atomic E-state index is 13.2. The van der Waals surface area contributed by atoms with E-state index in [9.17, 15) is 22.4 Å². The van der Waals surface area contributed by atoms with Crippen molar-refractivity contribution in [2.45, 2.75) is 17.7 Å². The van der Waals surface area contributed by atoms with E-state index < -0.39 is 28.5 Å². The van der Waals surface area contributed by atoms with Gasteiger partial charge in [-0.2, -0.15) is 0 Å². The van der Waals surface area contributed by atoms with Gasteiger partial charge in [0.25, 0.3) is 15.9 Å². The van der Waals surface area contributed by atoms with E-state index >= 15 is 0 Å². The lowest BCUT2D eigenvalue weighted by Gasteiger charge is -2.19. The highest BCUT2D eigenvalue weighted by atomic mass is 32.2. The van der Waals surface area contributed by atoms with E-state index in [-0.39, 0.29) is 16.3 Å². The molecule has 4 rings (SSSR count). The van der Waals surface area contributed by atoms with Crippen LogP contribution < -0.4 is 9.62 Å². The number of hydrogen-bond donors (Lipinski definition) is 1. The topological polar surface area (TPSA) is 92.8 Å². The number of carbonyl (C=O) groups excluding carboxylic acids is 2. The van der Waals surface area contributed by atoms with Crippen LogP contribution in [0.2, 0.25) is 0 Å². The number of amides is 1. The average molecular weight is 483 g/mol. The van der Waals surface area contributed by atoms with Gasteiger partial charge < -0.3 is 10.1 Å². The minimum absolute atomic E-state index is 0.0256. The van der Waals surface area contributed by atoms with Gasteiger partial charge in [-0.25, -0.2) is 17.6 Å². The van der Waals surface area contributed by atoms with Gasteiger partial charge in [-0.1, -0.05) is 36.4 Å². The summed E-state index contributed by atoms with van der Waals surface area (Å²) < 4.78 is 45.7. The van der Waals surface area contributed by atoms with Crippen molar-refractivity contribution in [3.8, 4) is 0 Å². The van der Waals surface area contributed by atoms with Gasteiger partial charge >= 0.3 is 5.97 Å². The van der Waals surface area contributed by atoms with Gasteiger partial charge in [0.2, 0.25) is 0 Å². The normalized spacial score (nSPS) is 12.8. The molecule has 176 valence electrons. The zero-order valence-corrected chi connectivity index (χ0v) is 19.1. The molecular weight excluding hydrogens is 459 g/mol. The Balaban J connectivity index is 1.34. The first-order chi connectivity index (χ1) is 16.3. The Morgan fingerprint density at radius 3 is 2.56 bits per heavy atom. The van der Waals surface area contributed by atoms with Crippen LogP contribution in [-0.2, 0) is 32.4 Å². The van der Waals surface area contributed by atoms with Crippen molar-refractivity contribution >= 4 is 27.6 Å². The number of fused-ring (bicyclic) bond motifs is 1. The fourth-order valence-electron chi connectivity index (χ4n) is 3.73. The Morgan fingerprint density at radius 1 is 1.00 bits per heavy atom. The molecule has 7 nitrogen and oxygen atoms in total. The van der Waals surface area contributed by atoms with Crippen molar-refractivity contribution in [3.05, 3.63) is 95.3 Å². The van der Waals surface area contributed by atoms with Crippen molar-refractivity contribution in [1.29, 1.82) is 0 Å². The summed E-state index contributed by atoms with van der Waals surface area (Å²) in [6, 6.07) is 18.8. The molecule has 0 saturated carbocycles. The molecule has 1 aliphatic heterocycles. The first-order valence-electron chi connectivity index (χ1n) is 10.7. The highest BCUT2D eigenvalue weighted by Crippen LogP contribution is 2.32. The van der Waals surface area contributed by atoms with E-state index in [4.69, 9.17) is 4.74 Å². The molecule has 1 heterocycles. The van der Waals surface area contributed by atoms with Gasteiger partial charge in [0.15, 0.2) is 6.61 Å². The Bertz CT molecular complexity index is 1310. The minimum atomic E-state index is -3.86. The van der Waals surface area contributed by atoms with Crippen LogP contribution in [0.1, 0.15) is 21.5 Å². The van der Waals surface area contributed by atoms with E-state index in [1.54, 1.807) is 24.3 Å². The standard InChI is InChI=1S/C25H23FN2O5S/c26-21-10-8-18(9-11-21)12-14-27-24(29)17-33-25(30)20-5-3-6-22(16-20)34(31,32)28-15-13-19-4-1-2-7-23(19)28/h1-11,16H,12-15,17H2,(H,27,29). The van der Waals surface area contributed by atoms with Gasteiger partial charge in [0.1, 0.15) is 5.82 Å². The van der Waals surface area contributed by atoms with Crippen molar-refractivity contribution in [2.75, 3.05) is 24.0 Å². The number of esters is 1. The molecule has 0 fully saturated rings. The molecule has 3 aromatic carbocycles. The first-order valence-corrected chi connectivity index (χ1v) is 12.2. The predicted molar refractivity (Wildman–Crippen MR) is 125 cm³/mol. The summed E-state index contributed by atoms with van der Waals surface area (Å²) in [5.41, 5.74) is 2.48. The fourth-order valence-corrected chi connectivity index (χ4v) is 5.28. The molecule has 34 heavy (non-hydrogen) atoms. The smallest absolute Gasteiger partial charge is 0.338 e. The van der Waals surface area contributed by atoms with Gasteiger partial charge in [0, 0.05) is 13.1 Å². The number of benzene rings is 3. The second-order valence-electron chi connectivity index (χ2n) is 7.79. The van der Waals surface area contributed by atoms with Gasteiger partial charge in [0.05, 0.1) is 16.1 Å². The summed E-state index contributed by atoms with van der Waals surface area (Å²) in [5, 5.41) is 2.62. The van der Waals surface area contributed by atoms with Crippen molar-refractivity contribution in [3.63, 3.8) is 0 Å². The number of rotatable bonds is 8. The van der Waals surface area contributed by atoms with Crippen LogP contribution in [0.15, 0.2) is 77.7 Å². The van der Waals surface area contributed by atoms with Crippen LogP contribution in [0, 0.1) is 5.82 Å². The molecule has 9 heteroatoms. The Morgan fingerprint density at radius 2 is 1.76 bits per heavy atom. The first kappa shape index (κ1) is 23.4. The van der Waals surface area contributed by atoms with Crippen LogP contribution >= 0.6 is 0 Å². The molecule has 0 atom stereocenters. The monoisotopic (exact) mass is 482 g/mol. The summed E-state index contributed by atoms with van der Waals surface area (Å²) in [7, 11) is -3.86. The van der Waals surface area contributed by atoms with Crippen molar-refractivity contribution in [1.82, 2.24) is 5.32 Å². The quantitative estimate of drug-likeness (QED) is 0.498. The number of hydrogen-bond acceptors (Lipinski definition) is 5. The SMILES string of the molecule is O=C(COC(=O)c1cccc(S(=O)(=O)N2CCc3ccccc32)c1)NCCc1ccc(F)cc1. The average Bonchev–Trinajstić information content (AvgIpc) is 3.29. The summed E-state index contributed by atoms with van der Waals surface area (Å²) >= 11 is 0. The number of para-hydroxylation sites is 1. The number of nitrogens with zero attached hydrogens (tertiary/aromatic N) is 1. The van der Waals surface area contributed by atoms with E-state index in [0.29, 0.717) is 31.6 Å². The maximum Gasteiger partial charge on any atom is 0.338 e. The number of anilines is 1. The van der Waals surface area contributed by atoms with Crippen LogP contribution in [-0.4, -0.2) is 40.0 Å². The number of halogens is 1. The molecule has 0 radical (unpaired) electrons. The van der Waals surface area contributed by atoms with Gasteiger partial charge in [-0.15, -0.1) is 0 Å². The van der Waals surface area contributed by atoms with E-state index in [1.165, 1.54) is 40.7 Å². The second kappa shape index (κ2) is 10.0. The largest absolute Gasteiger partial charge is 0.452 e. The molecule has 0 bridgehead atoms. The molecule has 3 aromatic rings. The maximum absolute atomic E-state index is 13.2. The molecule has 0 aliphatic carbocycles. The summed E-state index contributed by atoms with van der Waals surface area (Å²) in [6.07, 6.45) is 1.12. The molecule has 0 spiro atoms. The summed E-state index contributed by atoms with van der Waals surface area (Å²) in [6.45, 7) is 0.125. The third kappa shape index (κ3) is 5.26. The third-order valence-corrected chi connectivity index (χ3v) is 7.29.